The van der Waals surface area contributed by atoms with Gasteiger partial charge in [0.05, 0.1) is 0 Å². The summed E-state index contributed by atoms with van der Waals surface area (Å²) in [6, 6.07) is 2.74. The van der Waals surface area contributed by atoms with Gasteiger partial charge in [-0.2, -0.15) is 16.3 Å². The summed E-state index contributed by atoms with van der Waals surface area (Å²) in [6.07, 6.45) is 0. The minimum atomic E-state index is 0.297. The van der Waals surface area contributed by atoms with Gasteiger partial charge >= 0.3 is 6.01 Å². The van der Waals surface area contributed by atoms with Crippen LogP contribution >= 0.6 is 11.3 Å². The van der Waals surface area contributed by atoms with Crippen LogP contribution in [0.25, 0.3) is 11.4 Å². The summed E-state index contributed by atoms with van der Waals surface area (Å²) in [5, 5.41) is 10.9. The molecule has 0 saturated carbocycles. The van der Waals surface area contributed by atoms with Crippen LogP contribution in [-0.4, -0.2) is 16.2 Å². The van der Waals surface area contributed by atoms with Crippen molar-refractivity contribution in [2.24, 2.45) is 0 Å². The van der Waals surface area contributed by atoms with E-state index < -0.39 is 0 Å². The van der Waals surface area contributed by atoms with E-state index in [1.807, 2.05) is 30.7 Å². The van der Waals surface area contributed by atoms with Gasteiger partial charge in [0.25, 0.3) is 0 Å². The van der Waals surface area contributed by atoms with Crippen molar-refractivity contribution in [3.05, 3.63) is 16.8 Å². The van der Waals surface area contributed by atoms with Crippen LogP contribution in [0.5, 0.6) is 0 Å². The number of thiophene rings is 1. The van der Waals surface area contributed by atoms with Crippen molar-refractivity contribution < 1.29 is 4.52 Å². The first-order valence-corrected chi connectivity index (χ1v) is 5.33. The molecule has 74 valence electrons. The average Bonchev–Trinajstić information content (AvgIpc) is 2.69. The number of hydrogen-bond donors (Lipinski definition) is 1. The van der Waals surface area contributed by atoms with Crippen LogP contribution < -0.4 is 5.32 Å². The first-order chi connectivity index (χ1) is 6.75. The lowest BCUT2D eigenvalue weighted by molar-refractivity contribution is 0.429. The highest BCUT2D eigenvalue weighted by Gasteiger charge is 2.08. The Bertz CT molecular complexity index is 394. The lowest BCUT2D eigenvalue weighted by atomic mass is 10.3. The number of rotatable bonds is 3. The molecule has 4 nitrogen and oxygen atoms in total. The molecule has 0 aromatic carbocycles. The van der Waals surface area contributed by atoms with E-state index in [-0.39, 0.29) is 0 Å². The van der Waals surface area contributed by atoms with Crippen molar-refractivity contribution in [2.75, 3.05) is 5.32 Å². The predicted octanol–water partition coefficient (Wildman–Crippen LogP) is 2.62. The maximum absolute atomic E-state index is 5.03. The molecule has 0 radical (unpaired) electrons. The van der Waals surface area contributed by atoms with E-state index in [2.05, 4.69) is 15.5 Å². The highest BCUT2D eigenvalue weighted by molar-refractivity contribution is 7.08. The van der Waals surface area contributed by atoms with Crippen molar-refractivity contribution in [3.8, 4) is 11.4 Å². The molecule has 0 aliphatic carbocycles. The van der Waals surface area contributed by atoms with Gasteiger partial charge in [-0.15, -0.1) is 0 Å². The van der Waals surface area contributed by atoms with Crippen molar-refractivity contribution in [1.29, 1.82) is 0 Å². The molecule has 0 aliphatic rings. The lowest BCUT2D eigenvalue weighted by Crippen LogP contribution is -2.09. The van der Waals surface area contributed by atoms with Gasteiger partial charge in [-0.25, -0.2) is 0 Å². The summed E-state index contributed by atoms with van der Waals surface area (Å²) in [6.45, 7) is 4.04. The van der Waals surface area contributed by atoms with Gasteiger partial charge in [0, 0.05) is 17.0 Å². The lowest BCUT2D eigenvalue weighted by Gasteiger charge is -2.01. The van der Waals surface area contributed by atoms with E-state index in [9.17, 15) is 0 Å². The molecule has 14 heavy (non-hydrogen) atoms. The Labute approximate surface area is 86.0 Å². The summed E-state index contributed by atoms with van der Waals surface area (Å²) in [4.78, 5) is 4.21. The quantitative estimate of drug-likeness (QED) is 0.844. The average molecular weight is 209 g/mol. The van der Waals surface area contributed by atoms with Crippen LogP contribution in [-0.2, 0) is 0 Å². The highest BCUT2D eigenvalue weighted by Crippen LogP contribution is 2.20. The second-order valence-corrected chi connectivity index (χ2v) is 4.01. The van der Waals surface area contributed by atoms with E-state index in [0.29, 0.717) is 17.9 Å². The number of nitrogens with zero attached hydrogens (tertiary/aromatic N) is 2. The van der Waals surface area contributed by atoms with Crippen molar-refractivity contribution in [2.45, 2.75) is 19.9 Å². The molecule has 0 fully saturated rings. The van der Waals surface area contributed by atoms with Crippen molar-refractivity contribution in [1.82, 2.24) is 10.1 Å². The molecule has 2 aromatic rings. The van der Waals surface area contributed by atoms with Gasteiger partial charge < -0.3 is 9.84 Å². The molecule has 0 atom stereocenters. The molecule has 5 heteroatoms. The number of anilines is 1. The Hall–Kier alpha value is -1.36. The largest absolute Gasteiger partial charge is 0.336 e. The van der Waals surface area contributed by atoms with E-state index in [0.717, 1.165) is 5.56 Å². The number of aromatic nitrogens is 2. The molecule has 2 rings (SSSR count). The van der Waals surface area contributed by atoms with Crippen LogP contribution in [0.15, 0.2) is 21.3 Å². The maximum Gasteiger partial charge on any atom is 0.321 e. The number of hydrogen-bond acceptors (Lipinski definition) is 5. The zero-order valence-electron chi connectivity index (χ0n) is 8.02. The monoisotopic (exact) mass is 209 g/mol. The van der Waals surface area contributed by atoms with E-state index in [4.69, 9.17) is 4.52 Å². The van der Waals surface area contributed by atoms with Gasteiger partial charge in [0.15, 0.2) is 0 Å². The summed E-state index contributed by atoms with van der Waals surface area (Å²) < 4.78 is 5.03. The predicted molar refractivity (Wildman–Crippen MR) is 56.4 cm³/mol. The molecule has 0 spiro atoms. The Balaban J connectivity index is 2.18. The molecule has 0 unspecified atom stereocenters. The summed E-state index contributed by atoms with van der Waals surface area (Å²) >= 11 is 1.62. The second-order valence-electron chi connectivity index (χ2n) is 3.23. The normalized spacial score (nSPS) is 10.8. The minimum Gasteiger partial charge on any atom is -0.336 e. The summed E-state index contributed by atoms with van der Waals surface area (Å²) in [7, 11) is 0. The third kappa shape index (κ3) is 1.93. The van der Waals surface area contributed by atoms with Gasteiger partial charge in [0.1, 0.15) is 0 Å². The van der Waals surface area contributed by atoms with Crippen LogP contribution in [0.1, 0.15) is 13.8 Å². The van der Waals surface area contributed by atoms with Crippen molar-refractivity contribution in [3.63, 3.8) is 0 Å². The first kappa shape index (κ1) is 9.21. The summed E-state index contributed by atoms with van der Waals surface area (Å²) in [5.74, 6) is 0.634. The topological polar surface area (TPSA) is 51.0 Å². The van der Waals surface area contributed by atoms with E-state index in [1.165, 1.54) is 0 Å². The zero-order valence-corrected chi connectivity index (χ0v) is 8.84. The van der Waals surface area contributed by atoms with Gasteiger partial charge in [-0.3, -0.25) is 0 Å². The van der Waals surface area contributed by atoms with Crippen LogP contribution in [0.2, 0.25) is 0 Å². The second kappa shape index (κ2) is 3.79. The molecular weight excluding hydrogens is 198 g/mol. The Morgan fingerprint density at radius 3 is 3.00 bits per heavy atom. The molecular formula is C9H11N3OS. The molecule has 1 N–H and O–H groups in total. The summed E-state index contributed by atoms with van der Waals surface area (Å²) in [5.41, 5.74) is 0.996. The third-order valence-corrected chi connectivity index (χ3v) is 2.30. The minimum absolute atomic E-state index is 0.297. The Morgan fingerprint density at radius 2 is 2.36 bits per heavy atom. The van der Waals surface area contributed by atoms with Gasteiger partial charge in [-0.1, -0.05) is 5.16 Å². The fourth-order valence-electron chi connectivity index (χ4n) is 1.04. The smallest absolute Gasteiger partial charge is 0.321 e. The highest BCUT2D eigenvalue weighted by atomic mass is 32.1. The molecule has 0 saturated heterocycles. The Morgan fingerprint density at radius 1 is 1.50 bits per heavy atom. The molecule has 2 aromatic heterocycles. The zero-order chi connectivity index (χ0) is 9.97. The molecule has 0 amide bonds. The SMILES string of the molecule is CC(C)Nc1nc(-c2ccsc2)no1. The van der Waals surface area contributed by atoms with Crippen LogP contribution in [0.3, 0.4) is 0 Å². The van der Waals surface area contributed by atoms with Gasteiger partial charge in [0.2, 0.25) is 5.82 Å². The third-order valence-electron chi connectivity index (χ3n) is 1.62. The standard InChI is InChI=1S/C9H11N3OS/c1-6(2)10-9-11-8(12-13-9)7-3-4-14-5-7/h3-6H,1-2H3,(H,10,11,12). The molecule has 0 aliphatic heterocycles. The van der Waals surface area contributed by atoms with Crippen LogP contribution in [0, 0.1) is 0 Å². The first-order valence-electron chi connectivity index (χ1n) is 4.38. The van der Waals surface area contributed by atoms with E-state index in [1.54, 1.807) is 11.3 Å². The van der Waals surface area contributed by atoms with Gasteiger partial charge in [-0.05, 0) is 25.3 Å². The molecule has 2 heterocycles. The molecule has 0 bridgehead atoms. The maximum atomic E-state index is 5.03. The van der Waals surface area contributed by atoms with E-state index >= 15 is 0 Å². The number of nitrogens with one attached hydrogen (secondary N) is 1. The Kier molecular flexibility index (Phi) is 2.49. The fraction of sp³-hybridized carbons (Fsp3) is 0.333. The fourth-order valence-corrected chi connectivity index (χ4v) is 1.67. The van der Waals surface area contributed by atoms with Crippen molar-refractivity contribution >= 4 is 17.4 Å². The van der Waals surface area contributed by atoms with Crippen LogP contribution in [0.4, 0.5) is 6.01 Å².